The molecule has 1 amide bonds. The highest BCUT2D eigenvalue weighted by atomic mass is 35.5. The molecule has 2 heterocycles. The van der Waals surface area contributed by atoms with Gasteiger partial charge in [-0.2, -0.15) is 0 Å². The standard InChI is InChI=1S/C26H19Cl2NO4/c1-32-19-9-2-15(3-10-19)12-13-29-23(16-4-6-17(27)7-5-16)22-24(30)20-14-18(28)8-11-21(20)33-25(22)26(29)31/h2-11,14,23H,12-13H2,1H3/t23-/m0/s1. The first-order valence-electron chi connectivity index (χ1n) is 10.4. The number of halogens is 2. The van der Waals surface area contributed by atoms with Crippen LogP contribution in [0.4, 0.5) is 0 Å². The summed E-state index contributed by atoms with van der Waals surface area (Å²) in [5.41, 5.74) is 2.24. The van der Waals surface area contributed by atoms with Crippen molar-refractivity contribution in [1.29, 1.82) is 0 Å². The lowest BCUT2D eigenvalue weighted by molar-refractivity contribution is 0.0730. The van der Waals surface area contributed by atoms with Crippen molar-refractivity contribution in [2.45, 2.75) is 12.5 Å². The summed E-state index contributed by atoms with van der Waals surface area (Å²) in [5, 5.41) is 1.36. The highest BCUT2D eigenvalue weighted by Gasteiger charge is 2.42. The van der Waals surface area contributed by atoms with Gasteiger partial charge < -0.3 is 14.1 Å². The topological polar surface area (TPSA) is 59.8 Å². The van der Waals surface area contributed by atoms with Crippen molar-refractivity contribution in [2.24, 2.45) is 0 Å². The molecule has 5 rings (SSSR count). The molecule has 1 aliphatic rings. The van der Waals surface area contributed by atoms with E-state index in [4.69, 9.17) is 32.4 Å². The Morgan fingerprint density at radius 2 is 1.64 bits per heavy atom. The maximum Gasteiger partial charge on any atom is 0.290 e. The number of nitrogens with zero attached hydrogens (tertiary/aromatic N) is 1. The maximum atomic E-state index is 13.5. The third-order valence-corrected chi connectivity index (χ3v) is 6.40. The summed E-state index contributed by atoms with van der Waals surface area (Å²) in [4.78, 5) is 28.7. The summed E-state index contributed by atoms with van der Waals surface area (Å²) in [7, 11) is 1.62. The van der Waals surface area contributed by atoms with Gasteiger partial charge in [-0.25, -0.2) is 0 Å². The van der Waals surface area contributed by atoms with Crippen LogP contribution in [-0.4, -0.2) is 24.5 Å². The second-order valence-electron chi connectivity index (χ2n) is 7.87. The molecule has 0 saturated heterocycles. The zero-order chi connectivity index (χ0) is 23.1. The minimum atomic E-state index is -0.581. The molecule has 3 aromatic carbocycles. The highest BCUT2D eigenvalue weighted by molar-refractivity contribution is 6.31. The van der Waals surface area contributed by atoms with Gasteiger partial charge in [-0.3, -0.25) is 9.59 Å². The largest absolute Gasteiger partial charge is 0.497 e. The van der Waals surface area contributed by atoms with Gasteiger partial charge in [-0.1, -0.05) is 47.5 Å². The maximum absolute atomic E-state index is 13.5. The van der Waals surface area contributed by atoms with E-state index in [1.54, 1.807) is 42.3 Å². The van der Waals surface area contributed by atoms with E-state index in [1.807, 2.05) is 36.4 Å². The third kappa shape index (κ3) is 3.88. The van der Waals surface area contributed by atoms with Crippen molar-refractivity contribution in [3.05, 3.63) is 109 Å². The van der Waals surface area contributed by atoms with Crippen LogP contribution in [0.25, 0.3) is 11.0 Å². The summed E-state index contributed by atoms with van der Waals surface area (Å²) in [5.74, 6) is 0.527. The Morgan fingerprint density at radius 1 is 0.939 bits per heavy atom. The molecule has 4 aromatic rings. The van der Waals surface area contributed by atoms with Gasteiger partial charge in [0.05, 0.1) is 24.1 Å². The number of amides is 1. The number of rotatable bonds is 5. The van der Waals surface area contributed by atoms with Gasteiger partial charge in [0.1, 0.15) is 11.3 Å². The van der Waals surface area contributed by atoms with Crippen LogP contribution in [-0.2, 0) is 6.42 Å². The summed E-state index contributed by atoms with van der Waals surface area (Å²) in [6, 6.07) is 19.1. The smallest absolute Gasteiger partial charge is 0.290 e. The van der Waals surface area contributed by atoms with Gasteiger partial charge in [-0.05, 0) is 60.0 Å². The van der Waals surface area contributed by atoms with Crippen LogP contribution in [0.2, 0.25) is 10.0 Å². The number of carbonyl (C=O) groups is 1. The van der Waals surface area contributed by atoms with E-state index in [-0.39, 0.29) is 17.1 Å². The summed E-state index contributed by atoms with van der Waals surface area (Å²) < 4.78 is 11.2. The van der Waals surface area contributed by atoms with Gasteiger partial charge in [0, 0.05) is 16.6 Å². The molecule has 0 unspecified atom stereocenters. The first-order valence-corrected chi connectivity index (χ1v) is 11.2. The van der Waals surface area contributed by atoms with Crippen LogP contribution in [0.1, 0.15) is 33.3 Å². The van der Waals surface area contributed by atoms with Crippen molar-refractivity contribution in [3.63, 3.8) is 0 Å². The summed E-state index contributed by atoms with van der Waals surface area (Å²) in [6.07, 6.45) is 0.605. The quantitative estimate of drug-likeness (QED) is 0.357. The van der Waals surface area contributed by atoms with Crippen molar-refractivity contribution in [3.8, 4) is 5.75 Å². The fourth-order valence-corrected chi connectivity index (χ4v) is 4.55. The molecule has 7 heteroatoms. The number of ether oxygens (including phenoxy) is 1. The van der Waals surface area contributed by atoms with Crippen LogP contribution in [0.5, 0.6) is 5.75 Å². The monoisotopic (exact) mass is 479 g/mol. The molecule has 1 aliphatic heterocycles. The van der Waals surface area contributed by atoms with Crippen LogP contribution >= 0.6 is 23.2 Å². The molecular formula is C26H19Cl2NO4. The minimum absolute atomic E-state index is 0.0736. The van der Waals surface area contributed by atoms with Gasteiger partial charge in [0.15, 0.2) is 5.43 Å². The number of fused-ring (bicyclic) bond motifs is 2. The van der Waals surface area contributed by atoms with E-state index in [0.717, 1.165) is 16.9 Å². The van der Waals surface area contributed by atoms with Crippen LogP contribution < -0.4 is 10.2 Å². The summed E-state index contributed by atoms with van der Waals surface area (Å²) >= 11 is 12.2. The Kier molecular flexibility index (Phi) is 5.60. The van der Waals surface area contributed by atoms with Gasteiger partial charge in [0.2, 0.25) is 5.76 Å². The predicted octanol–water partition coefficient (Wildman–Crippen LogP) is 5.90. The number of methoxy groups -OCH3 is 1. The Hall–Kier alpha value is -3.28. The fourth-order valence-electron chi connectivity index (χ4n) is 4.26. The lowest BCUT2D eigenvalue weighted by atomic mass is 9.98. The zero-order valence-corrected chi connectivity index (χ0v) is 19.2. The normalized spacial score (nSPS) is 15.2. The van der Waals surface area contributed by atoms with Gasteiger partial charge in [-0.15, -0.1) is 0 Å². The predicted molar refractivity (Wildman–Crippen MR) is 129 cm³/mol. The molecule has 0 radical (unpaired) electrons. The lowest BCUT2D eigenvalue weighted by Gasteiger charge is -2.25. The molecule has 1 atom stereocenters. The Labute approximate surface area is 200 Å². The third-order valence-electron chi connectivity index (χ3n) is 5.91. The Balaban J connectivity index is 1.60. The molecule has 0 saturated carbocycles. The number of hydrogen-bond acceptors (Lipinski definition) is 4. The van der Waals surface area contributed by atoms with Crippen molar-refractivity contribution < 1.29 is 13.9 Å². The van der Waals surface area contributed by atoms with Gasteiger partial charge in [0.25, 0.3) is 5.91 Å². The second kappa shape index (κ2) is 8.58. The van der Waals surface area contributed by atoms with E-state index in [9.17, 15) is 9.59 Å². The second-order valence-corrected chi connectivity index (χ2v) is 8.74. The Bertz CT molecular complexity index is 1410. The van der Waals surface area contributed by atoms with E-state index in [1.165, 1.54) is 0 Å². The molecule has 33 heavy (non-hydrogen) atoms. The lowest BCUT2D eigenvalue weighted by Crippen LogP contribution is -2.31. The van der Waals surface area contributed by atoms with Crippen molar-refractivity contribution in [1.82, 2.24) is 4.90 Å². The molecule has 5 nitrogen and oxygen atoms in total. The molecule has 0 spiro atoms. The molecule has 0 fully saturated rings. The van der Waals surface area contributed by atoms with E-state index >= 15 is 0 Å². The van der Waals surface area contributed by atoms with Gasteiger partial charge >= 0.3 is 0 Å². The van der Waals surface area contributed by atoms with Crippen LogP contribution in [0.15, 0.2) is 75.9 Å². The summed E-state index contributed by atoms with van der Waals surface area (Å²) in [6.45, 7) is 0.402. The SMILES string of the molecule is COc1ccc(CCN2C(=O)c3oc4ccc(Cl)cc4c(=O)c3[C@@H]2c2ccc(Cl)cc2)cc1. The fraction of sp³-hybridized carbons (Fsp3) is 0.154. The Morgan fingerprint density at radius 3 is 2.33 bits per heavy atom. The van der Waals surface area contributed by atoms with Crippen LogP contribution in [0, 0.1) is 0 Å². The van der Waals surface area contributed by atoms with E-state index in [0.29, 0.717) is 39.5 Å². The van der Waals surface area contributed by atoms with Crippen LogP contribution in [0.3, 0.4) is 0 Å². The number of hydrogen-bond donors (Lipinski definition) is 0. The highest BCUT2D eigenvalue weighted by Crippen LogP contribution is 2.38. The molecular weight excluding hydrogens is 461 g/mol. The molecule has 166 valence electrons. The first kappa shape index (κ1) is 21.6. The first-order chi connectivity index (χ1) is 16.0. The van der Waals surface area contributed by atoms with Crippen molar-refractivity contribution >= 4 is 40.1 Å². The minimum Gasteiger partial charge on any atom is -0.497 e. The van der Waals surface area contributed by atoms with E-state index < -0.39 is 6.04 Å². The number of benzene rings is 3. The number of carbonyl (C=O) groups excluding carboxylic acids is 1. The molecule has 0 aliphatic carbocycles. The molecule has 1 aromatic heterocycles. The average molecular weight is 480 g/mol. The average Bonchev–Trinajstić information content (AvgIpc) is 3.11. The van der Waals surface area contributed by atoms with Crippen molar-refractivity contribution in [2.75, 3.05) is 13.7 Å². The molecule has 0 N–H and O–H groups in total. The van der Waals surface area contributed by atoms with E-state index in [2.05, 4.69) is 0 Å². The molecule has 0 bridgehead atoms. The zero-order valence-electron chi connectivity index (χ0n) is 17.7.